The van der Waals surface area contributed by atoms with Crippen LogP contribution in [0.5, 0.6) is 0 Å². The van der Waals surface area contributed by atoms with Gasteiger partial charge >= 0.3 is 22.4 Å². The molecule has 0 heterocycles. The van der Waals surface area contributed by atoms with Crippen LogP contribution in [0.3, 0.4) is 0 Å². The number of carbonyl (C=O) groups excluding carboxylic acids is 4. The topological polar surface area (TPSA) is 128 Å². The molecule has 0 aliphatic carbocycles. The molecule has 0 radical (unpaired) electrons. The second-order valence-electron chi connectivity index (χ2n) is 4.94. The van der Waals surface area contributed by atoms with Gasteiger partial charge in [0, 0.05) is 35.8 Å². The fourth-order valence-electron chi connectivity index (χ4n) is 1.66. The average molecular weight is 519 g/mol. The molecule has 0 spiro atoms. The number of amides is 3. The molecule has 0 saturated heterocycles. The third-order valence-electron chi connectivity index (χ3n) is 2.91. The SMILES string of the molecule is O=C(C[N-]C(=O)C[N-]C(=O)C[N-]C(=O)C[S-])Cc1c(F)c(F)cc(F)c1F.[O]=[Tc+4]. The molecule has 0 fully saturated rings. The Morgan fingerprint density at radius 3 is 1.66 bits per heavy atom. The molecule has 0 aliphatic rings. The Morgan fingerprint density at radius 1 is 0.793 bits per heavy atom. The van der Waals surface area contributed by atoms with Crippen molar-refractivity contribution in [1.82, 2.24) is 0 Å². The Morgan fingerprint density at radius 2 is 1.21 bits per heavy atom. The summed E-state index contributed by atoms with van der Waals surface area (Å²) in [7, 11) is 0. The second-order valence-corrected chi connectivity index (χ2v) is 5.23. The van der Waals surface area contributed by atoms with Crippen LogP contribution in [-0.2, 0) is 60.6 Å². The molecule has 0 aliphatic heterocycles. The number of rotatable bonds is 9. The predicted octanol–water partition coefficient (Wildman–Crippen LogP) is 1.48. The van der Waals surface area contributed by atoms with Crippen LogP contribution < -0.4 is 0 Å². The van der Waals surface area contributed by atoms with Crippen molar-refractivity contribution >= 4 is 36.1 Å². The molecule has 0 aromatic heterocycles. The summed E-state index contributed by atoms with van der Waals surface area (Å²) in [4.78, 5) is 45.0. The molecule has 0 N–H and O–H groups in total. The molecule has 1 aromatic carbocycles. The molecule has 0 atom stereocenters. The van der Waals surface area contributed by atoms with Crippen LogP contribution in [-0.4, -0.2) is 48.9 Å². The molecular weight excluding hydrogens is 508 g/mol. The van der Waals surface area contributed by atoms with Crippen LogP contribution >= 0.6 is 0 Å². The third kappa shape index (κ3) is 9.72. The Labute approximate surface area is 178 Å². The third-order valence-corrected chi connectivity index (χ3v) is 3.16. The maximum atomic E-state index is 13.4. The van der Waals surface area contributed by atoms with Crippen molar-refractivity contribution in [3.8, 4) is 0 Å². The van der Waals surface area contributed by atoms with Gasteiger partial charge in [-0.15, -0.1) is 5.75 Å². The molecule has 0 unspecified atom stereocenters. The quantitative estimate of drug-likeness (QED) is 0.276. The first kappa shape index (κ1) is 26.8. The number of carbonyl (C=O) groups is 4. The normalized spacial score (nSPS) is 9.76. The van der Waals surface area contributed by atoms with E-state index in [2.05, 4.69) is 28.6 Å². The van der Waals surface area contributed by atoms with E-state index in [1.165, 1.54) is 0 Å². The number of hydrogen-bond donors (Lipinski definition) is 0. The fourth-order valence-corrected chi connectivity index (χ4v) is 1.76. The van der Waals surface area contributed by atoms with Crippen molar-refractivity contribution in [2.24, 2.45) is 0 Å². The van der Waals surface area contributed by atoms with E-state index in [1.54, 1.807) is 0 Å². The van der Waals surface area contributed by atoms with E-state index in [0.717, 1.165) is 18.9 Å². The van der Waals surface area contributed by atoms with Crippen LogP contribution in [0.2, 0.25) is 0 Å². The van der Waals surface area contributed by atoms with Gasteiger partial charge in [-0.1, -0.05) is 19.6 Å². The number of hydrogen-bond acceptors (Lipinski definition) is 6. The summed E-state index contributed by atoms with van der Waals surface area (Å²) in [5.74, 6) is -10.6. The van der Waals surface area contributed by atoms with E-state index in [1.807, 2.05) is 0 Å². The van der Waals surface area contributed by atoms with Gasteiger partial charge in [0.15, 0.2) is 23.3 Å². The molecule has 1 aromatic rings. The molecule has 0 bridgehead atoms. The van der Waals surface area contributed by atoms with Gasteiger partial charge in [0.2, 0.25) is 0 Å². The first-order valence-electron chi connectivity index (χ1n) is 7.33. The van der Waals surface area contributed by atoms with Gasteiger partial charge in [0.25, 0.3) is 0 Å². The average Bonchev–Trinajstić information content (AvgIpc) is 2.71. The number of halogens is 4. The molecule has 3 amide bonds. The zero-order valence-corrected chi connectivity index (χ0v) is 17.0. The van der Waals surface area contributed by atoms with Gasteiger partial charge in [0.05, 0.1) is 0 Å². The minimum absolute atomic E-state index is 0.000389. The van der Waals surface area contributed by atoms with Crippen molar-refractivity contribution in [1.29, 1.82) is 0 Å². The van der Waals surface area contributed by atoms with E-state index >= 15 is 0 Å². The van der Waals surface area contributed by atoms with Crippen LogP contribution in [0.15, 0.2) is 6.07 Å². The van der Waals surface area contributed by atoms with Crippen LogP contribution in [0.4, 0.5) is 17.6 Å². The minimum atomic E-state index is -1.72. The Hall–Kier alpha value is -2.18. The zero-order chi connectivity index (χ0) is 22.6. The molecule has 157 valence electrons. The summed E-state index contributed by atoms with van der Waals surface area (Å²) in [6.07, 6.45) is -1.03. The van der Waals surface area contributed by atoms with Crippen molar-refractivity contribution in [2.45, 2.75) is 6.42 Å². The van der Waals surface area contributed by atoms with Crippen molar-refractivity contribution in [3.63, 3.8) is 0 Å². The first-order valence-corrected chi connectivity index (χ1v) is 8.67. The summed E-state index contributed by atoms with van der Waals surface area (Å²) in [5, 5.41) is 9.74. The van der Waals surface area contributed by atoms with Crippen molar-refractivity contribution in [3.05, 3.63) is 50.8 Å². The molecule has 0 saturated carbocycles. The van der Waals surface area contributed by atoms with Gasteiger partial charge in [0.1, 0.15) is 5.78 Å². The van der Waals surface area contributed by atoms with E-state index in [0.29, 0.717) is 0 Å². The number of Topliss-reactive ketones (excluding diaryl/α,β-unsaturated/α-hetero) is 1. The Bertz CT molecular complexity index is 759. The standard InChI is InChI=1S/C15H15F4N3O4S.O.Tc/c16-9-2-10(17)15(19)8(14(9)18)1-7(23)3-20-11(24)4-21-12(25)5-22-13(26)6-27;;/h2H,1,3-6H2,(H4,20,21,22,24,25,26,27);;/q;;+4/p-4. The molecule has 8 nitrogen and oxygen atoms in total. The fraction of sp³-hybridized carbons (Fsp3) is 0.333. The molecule has 29 heavy (non-hydrogen) atoms. The second kappa shape index (κ2) is 13.9. The van der Waals surface area contributed by atoms with Gasteiger partial charge in [-0.2, -0.15) is 0 Å². The van der Waals surface area contributed by atoms with Crippen molar-refractivity contribution in [2.75, 3.05) is 25.4 Å². The Balaban J connectivity index is 0.00000379. The molecular formula is C15H11F4N3O5STc. The summed E-state index contributed by atoms with van der Waals surface area (Å²) < 4.78 is 61.2. The van der Waals surface area contributed by atoms with Gasteiger partial charge < -0.3 is 47.8 Å². The van der Waals surface area contributed by atoms with E-state index < -0.39 is 78.4 Å². The van der Waals surface area contributed by atoms with Crippen molar-refractivity contribution < 1.29 is 59.1 Å². The van der Waals surface area contributed by atoms with E-state index in [4.69, 9.17) is 3.50 Å². The number of ketones is 1. The molecule has 14 heteroatoms. The van der Waals surface area contributed by atoms with Gasteiger partial charge in [-0.25, -0.2) is 17.6 Å². The summed E-state index contributed by atoms with van der Waals surface area (Å²) in [5.41, 5.74) is -1.12. The first-order chi connectivity index (χ1) is 13.6. The summed E-state index contributed by atoms with van der Waals surface area (Å²) >= 11 is 5.29. The number of nitrogens with zero attached hydrogens (tertiary/aromatic N) is 3. The van der Waals surface area contributed by atoms with Crippen LogP contribution in [0.25, 0.3) is 16.0 Å². The summed E-state index contributed by atoms with van der Waals surface area (Å²) in [6, 6.07) is -0.000389. The molecule has 1 rings (SSSR count). The van der Waals surface area contributed by atoms with Gasteiger partial charge in [-0.3, -0.25) is 0 Å². The zero-order valence-electron chi connectivity index (χ0n) is 14.3. The maximum absolute atomic E-state index is 13.4. The Kier molecular flexibility index (Phi) is 12.9. The van der Waals surface area contributed by atoms with E-state index in [-0.39, 0.29) is 11.8 Å². The number of benzene rings is 1. The predicted molar refractivity (Wildman–Crippen MR) is 87.6 cm³/mol. The monoisotopic (exact) mass is 518 g/mol. The van der Waals surface area contributed by atoms with E-state index in [9.17, 15) is 36.7 Å². The van der Waals surface area contributed by atoms with Gasteiger partial charge in [-0.05, 0) is 0 Å². The summed E-state index contributed by atoms with van der Waals surface area (Å²) in [6.45, 7) is -2.16. The van der Waals surface area contributed by atoms with Crippen LogP contribution in [0, 0.1) is 23.3 Å². The van der Waals surface area contributed by atoms with Crippen LogP contribution in [0.1, 0.15) is 5.56 Å².